The monoisotopic (exact) mass is 389 g/mol. The molecule has 6 heteroatoms. The zero-order valence-electron chi connectivity index (χ0n) is 14.9. The minimum absolute atomic E-state index is 0.214. The summed E-state index contributed by atoms with van der Waals surface area (Å²) >= 11 is 3.39. The second-order valence-corrected chi connectivity index (χ2v) is 8.56. The third kappa shape index (κ3) is 3.58. The molecule has 2 aliphatic rings. The number of benzene rings is 1. The lowest BCUT2D eigenvalue weighted by atomic mass is 9.98. The third-order valence-electron chi connectivity index (χ3n) is 4.88. The molecule has 26 heavy (non-hydrogen) atoms. The number of rotatable bonds is 4. The van der Waals surface area contributed by atoms with Gasteiger partial charge in [-0.25, -0.2) is 0 Å². The van der Waals surface area contributed by atoms with Gasteiger partial charge in [0, 0.05) is 22.7 Å². The molecule has 0 saturated heterocycles. The van der Waals surface area contributed by atoms with E-state index in [1.807, 2.05) is 29.5 Å². The van der Waals surface area contributed by atoms with E-state index in [0.717, 1.165) is 42.2 Å². The number of hydrogen-bond donors (Lipinski definition) is 0. The van der Waals surface area contributed by atoms with Crippen molar-refractivity contribution >= 4 is 29.0 Å². The fourth-order valence-electron chi connectivity index (χ4n) is 3.60. The average molecular weight is 390 g/mol. The highest BCUT2D eigenvalue weighted by Crippen LogP contribution is 2.37. The van der Waals surface area contributed by atoms with E-state index in [9.17, 15) is 4.79 Å². The normalized spacial score (nSPS) is 19.0. The molecule has 3 heterocycles. The highest BCUT2D eigenvalue weighted by atomic mass is 32.2. The summed E-state index contributed by atoms with van der Waals surface area (Å²) in [6.45, 7) is 4.35. The van der Waals surface area contributed by atoms with Crippen LogP contribution in [0.2, 0.25) is 0 Å². The Kier molecular flexibility index (Phi) is 5.41. The maximum Gasteiger partial charge on any atom is 0.233 e. The Morgan fingerprint density at radius 2 is 2.12 bits per heavy atom. The SMILES string of the molecule is CCC1c2ccsc2CCN1C(=O)CSc1ccc2c(c1)OCCCO2. The third-order valence-corrected chi connectivity index (χ3v) is 6.86. The molecule has 1 aromatic carbocycles. The molecule has 0 bridgehead atoms. The topological polar surface area (TPSA) is 38.8 Å². The minimum atomic E-state index is 0.214. The van der Waals surface area contributed by atoms with E-state index in [2.05, 4.69) is 23.3 Å². The molecule has 0 N–H and O–H groups in total. The van der Waals surface area contributed by atoms with Crippen LogP contribution in [0.15, 0.2) is 34.5 Å². The average Bonchev–Trinajstić information content (AvgIpc) is 3.02. The first-order valence-electron chi connectivity index (χ1n) is 9.14. The van der Waals surface area contributed by atoms with Crippen molar-refractivity contribution in [3.8, 4) is 11.5 Å². The molecule has 0 saturated carbocycles. The molecule has 0 radical (unpaired) electrons. The Hall–Kier alpha value is -1.66. The largest absolute Gasteiger partial charge is 0.490 e. The van der Waals surface area contributed by atoms with Gasteiger partial charge in [-0.05, 0) is 48.1 Å². The number of fused-ring (bicyclic) bond motifs is 2. The van der Waals surface area contributed by atoms with Gasteiger partial charge in [-0.3, -0.25) is 4.79 Å². The highest BCUT2D eigenvalue weighted by molar-refractivity contribution is 8.00. The van der Waals surface area contributed by atoms with Crippen LogP contribution in [-0.2, 0) is 11.2 Å². The molecule has 1 aromatic heterocycles. The predicted molar refractivity (Wildman–Crippen MR) is 106 cm³/mol. The lowest BCUT2D eigenvalue weighted by Crippen LogP contribution is -2.40. The van der Waals surface area contributed by atoms with Crippen molar-refractivity contribution in [1.82, 2.24) is 4.90 Å². The number of thiophene rings is 1. The quantitative estimate of drug-likeness (QED) is 0.720. The van der Waals surface area contributed by atoms with E-state index < -0.39 is 0 Å². The van der Waals surface area contributed by atoms with Crippen molar-refractivity contribution in [2.75, 3.05) is 25.5 Å². The van der Waals surface area contributed by atoms with Crippen molar-refractivity contribution in [3.05, 3.63) is 40.1 Å². The van der Waals surface area contributed by atoms with E-state index in [0.29, 0.717) is 19.0 Å². The van der Waals surface area contributed by atoms with Crippen LogP contribution in [0.3, 0.4) is 0 Å². The fraction of sp³-hybridized carbons (Fsp3) is 0.450. The second kappa shape index (κ2) is 7.92. The highest BCUT2D eigenvalue weighted by Gasteiger charge is 2.30. The van der Waals surface area contributed by atoms with Gasteiger partial charge in [0.1, 0.15) is 0 Å². The number of carbonyl (C=O) groups is 1. The Morgan fingerprint density at radius 3 is 2.96 bits per heavy atom. The number of thioether (sulfide) groups is 1. The molecular formula is C20H23NO3S2. The molecule has 1 atom stereocenters. The van der Waals surface area contributed by atoms with Crippen molar-refractivity contribution in [2.45, 2.75) is 37.1 Å². The molecular weight excluding hydrogens is 366 g/mol. The Labute approximate surface area is 162 Å². The van der Waals surface area contributed by atoms with Crippen LogP contribution in [0.1, 0.15) is 36.2 Å². The molecule has 2 aromatic rings. The molecule has 138 valence electrons. The number of hydrogen-bond acceptors (Lipinski definition) is 5. The molecule has 2 aliphatic heterocycles. The van der Waals surface area contributed by atoms with Gasteiger partial charge >= 0.3 is 0 Å². The van der Waals surface area contributed by atoms with Gasteiger partial charge in [0.25, 0.3) is 0 Å². The maximum absolute atomic E-state index is 12.9. The Balaban J connectivity index is 1.42. The Morgan fingerprint density at radius 1 is 1.27 bits per heavy atom. The number of amides is 1. The molecule has 0 aliphatic carbocycles. The fourth-order valence-corrected chi connectivity index (χ4v) is 5.34. The lowest BCUT2D eigenvalue weighted by molar-refractivity contribution is -0.131. The van der Waals surface area contributed by atoms with E-state index >= 15 is 0 Å². The van der Waals surface area contributed by atoms with Crippen LogP contribution in [-0.4, -0.2) is 36.3 Å². The number of nitrogens with zero attached hydrogens (tertiary/aromatic N) is 1. The standard InChI is InChI=1S/C20H23NO3S2/c1-2-16-15-7-11-25-19(15)6-8-21(16)20(22)13-26-14-4-5-17-18(12-14)24-10-3-9-23-17/h4-5,7,11-12,16H,2-3,6,8-10,13H2,1H3. The van der Waals surface area contributed by atoms with E-state index in [-0.39, 0.29) is 11.9 Å². The predicted octanol–water partition coefficient (Wildman–Crippen LogP) is 4.54. The molecule has 0 fully saturated rings. The first kappa shape index (κ1) is 17.7. The summed E-state index contributed by atoms with van der Waals surface area (Å²) < 4.78 is 11.4. The van der Waals surface area contributed by atoms with Gasteiger partial charge in [-0.1, -0.05) is 6.92 Å². The molecule has 1 unspecified atom stereocenters. The minimum Gasteiger partial charge on any atom is -0.490 e. The van der Waals surface area contributed by atoms with Crippen molar-refractivity contribution < 1.29 is 14.3 Å². The number of ether oxygens (including phenoxy) is 2. The maximum atomic E-state index is 12.9. The van der Waals surface area contributed by atoms with E-state index in [4.69, 9.17) is 9.47 Å². The van der Waals surface area contributed by atoms with E-state index in [1.165, 1.54) is 10.4 Å². The summed E-state index contributed by atoms with van der Waals surface area (Å²) in [5.41, 5.74) is 1.35. The molecule has 4 nitrogen and oxygen atoms in total. The van der Waals surface area contributed by atoms with Crippen LogP contribution in [0.25, 0.3) is 0 Å². The molecule has 4 rings (SSSR count). The smallest absolute Gasteiger partial charge is 0.233 e. The van der Waals surface area contributed by atoms with Crippen molar-refractivity contribution in [3.63, 3.8) is 0 Å². The van der Waals surface area contributed by atoms with Gasteiger partial charge in [-0.2, -0.15) is 0 Å². The van der Waals surface area contributed by atoms with Gasteiger partial charge in [0.15, 0.2) is 11.5 Å². The summed E-state index contributed by atoms with van der Waals surface area (Å²) in [6, 6.07) is 8.35. The summed E-state index contributed by atoms with van der Waals surface area (Å²) in [5.74, 6) is 2.25. The molecule has 0 spiro atoms. The lowest BCUT2D eigenvalue weighted by Gasteiger charge is -2.35. The number of carbonyl (C=O) groups excluding carboxylic acids is 1. The first-order chi connectivity index (χ1) is 12.8. The van der Waals surface area contributed by atoms with Gasteiger partial charge in [-0.15, -0.1) is 23.1 Å². The Bertz CT molecular complexity index is 789. The zero-order valence-corrected chi connectivity index (χ0v) is 16.5. The van der Waals surface area contributed by atoms with Crippen LogP contribution < -0.4 is 9.47 Å². The van der Waals surface area contributed by atoms with Crippen molar-refractivity contribution in [1.29, 1.82) is 0 Å². The van der Waals surface area contributed by atoms with Crippen molar-refractivity contribution in [2.24, 2.45) is 0 Å². The zero-order chi connectivity index (χ0) is 17.9. The van der Waals surface area contributed by atoms with Gasteiger partial charge < -0.3 is 14.4 Å². The van der Waals surface area contributed by atoms with Crippen LogP contribution in [0, 0.1) is 0 Å². The van der Waals surface area contributed by atoms with Crippen LogP contribution >= 0.6 is 23.1 Å². The van der Waals surface area contributed by atoms with Crippen LogP contribution in [0.4, 0.5) is 0 Å². The summed E-state index contributed by atoms with van der Waals surface area (Å²) in [5, 5.41) is 2.15. The summed E-state index contributed by atoms with van der Waals surface area (Å²) in [4.78, 5) is 17.4. The summed E-state index contributed by atoms with van der Waals surface area (Å²) in [7, 11) is 0. The summed E-state index contributed by atoms with van der Waals surface area (Å²) in [6.07, 6.45) is 2.83. The van der Waals surface area contributed by atoms with E-state index in [1.54, 1.807) is 11.8 Å². The van der Waals surface area contributed by atoms with Gasteiger partial charge in [0.2, 0.25) is 5.91 Å². The van der Waals surface area contributed by atoms with Crippen LogP contribution in [0.5, 0.6) is 11.5 Å². The second-order valence-electron chi connectivity index (χ2n) is 6.51. The first-order valence-corrected chi connectivity index (χ1v) is 11.0. The van der Waals surface area contributed by atoms with Gasteiger partial charge in [0.05, 0.1) is 25.0 Å². The molecule has 1 amide bonds.